The lowest BCUT2D eigenvalue weighted by molar-refractivity contribution is -0.140. The van der Waals surface area contributed by atoms with Gasteiger partial charge < -0.3 is 10.6 Å². The van der Waals surface area contributed by atoms with Gasteiger partial charge in [-0.05, 0) is 11.6 Å². The molecule has 0 amide bonds. The largest absolute Gasteiger partial charge is 0.434 e. The summed E-state index contributed by atoms with van der Waals surface area (Å²) in [6, 6.07) is 3.83. The van der Waals surface area contributed by atoms with Crippen LogP contribution in [0.5, 0.6) is 0 Å². The second-order valence-electron chi connectivity index (χ2n) is 5.72. The quantitative estimate of drug-likeness (QED) is 0.287. The number of halogens is 4. The smallest absolute Gasteiger partial charge is 0.356 e. The molecule has 0 aliphatic rings. The first-order valence-corrected chi connectivity index (χ1v) is 9.23. The predicted octanol–water partition coefficient (Wildman–Crippen LogP) is 3.27. The van der Waals surface area contributed by atoms with Gasteiger partial charge in [0.25, 0.3) is 0 Å². The van der Waals surface area contributed by atoms with Gasteiger partial charge in [0.2, 0.25) is 0 Å². The molecule has 0 aliphatic heterocycles. The van der Waals surface area contributed by atoms with Crippen LogP contribution >= 0.6 is 35.3 Å². The van der Waals surface area contributed by atoms with E-state index < -0.39 is 11.9 Å². The standard InChI is InChI=1S/C17H18F3N7S.HI/c1-21-16(23-5-4-15-26-13(10-28-15)17(18,19)20)25-9-12-2-3-14(24-8-12)27-7-6-22-11-27;/h2-3,6-8,10-11H,4-5,9H2,1H3,(H2,21,23,25);1H. The third-order valence-electron chi connectivity index (χ3n) is 3.74. The number of guanidine groups is 1. The first-order valence-electron chi connectivity index (χ1n) is 8.35. The highest BCUT2D eigenvalue weighted by molar-refractivity contribution is 14.0. The molecule has 0 spiro atoms. The van der Waals surface area contributed by atoms with Crippen LogP contribution in [-0.2, 0) is 19.1 Å². The average Bonchev–Trinajstić information content (AvgIpc) is 3.36. The van der Waals surface area contributed by atoms with Gasteiger partial charge in [-0.15, -0.1) is 35.3 Å². The number of nitrogens with one attached hydrogen (secondary N) is 2. The van der Waals surface area contributed by atoms with Crippen LogP contribution in [0.15, 0.2) is 47.4 Å². The first kappa shape index (κ1) is 23.1. The highest BCUT2D eigenvalue weighted by Gasteiger charge is 2.33. The van der Waals surface area contributed by atoms with E-state index in [9.17, 15) is 13.2 Å². The van der Waals surface area contributed by atoms with Gasteiger partial charge in [-0.25, -0.2) is 15.0 Å². The Bertz CT molecular complexity index is 908. The van der Waals surface area contributed by atoms with E-state index in [-0.39, 0.29) is 24.0 Å². The van der Waals surface area contributed by atoms with Crippen LogP contribution < -0.4 is 10.6 Å². The Labute approximate surface area is 186 Å². The van der Waals surface area contributed by atoms with Crippen molar-refractivity contribution in [3.05, 3.63) is 58.7 Å². The molecule has 3 heterocycles. The number of nitrogens with zero attached hydrogens (tertiary/aromatic N) is 5. The zero-order valence-electron chi connectivity index (χ0n) is 15.3. The number of pyridine rings is 1. The second-order valence-corrected chi connectivity index (χ2v) is 6.66. The molecule has 2 N–H and O–H groups in total. The minimum absolute atomic E-state index is 0. The lowest BCUT2D eigenvalue weighted by Gasteiger charge is -2.11. The van der Waals surface area contributed by atoms with Crippen molar-refractivity contribution in [2.45, 2.75) is 19.1 Å². The summed E-state index contributed by atoms with van der Waals surface area (Å²) >= 11 is 1.000. The molecular weight excluding hydrogens is 518 g/mol. The fourth-order valence-corrected chi connectivity index (χ4v) is 3.12. The van der Waals surface area contributed by atoms with Gasteiger partial charge >= 0.3 is 6.18 Å². The molecule has 0 radical (unpaired) electrons. The predicted molar refractivity (Wildman–Crippen MR) is 116 cm³/mol. The number of thiazole rings is 1. The Morgan fingerprint density at radius 3 is 2.69 bits per heavy atom. The van der Waals surface area contributed by atoms with Crippen molar-refractivity contribution in [1.29, 1.82) is 0 Å². The van der Waals surface area contributed by atoms with Gasteiger partial charge in [0.1, 0.15) is 12.1 Å². The van der Waals surface area contributed by atoms with Crippen LogP contribution in [0, 0.1) is 0 Å². The van der Waals surface area contributed by atoms with Gasteiger partial charge in [0.15, 0.2) is 11.7 Å². The summed E-state index contributed by atoms with van der Waals surface area (Å²) in [6.07, 6.45) is 2.90. The van der Waals surface area contributed by atoms with E-state index in [4.69, 9.17) is 0 Å². The first-order chi connectivity index (χ1) is 13.5. The van der Waals surface area contributed by atoms with Crippen molar-refractivity contribution in [3.63, 3.8) is 0 Å². The van der Waals surface area contributed by atoms with E-state index in [1.165, 1.54) is 0 Å². The monoisotopic (exact) mass is 537 g/mol. The summed E-state index contributed by atoms with van der Waals surface area (Å²) in [5.74, 6) is 1.32. The van der Waals surface area contributed by atoms with Crippen molar-refractivity contribution in [1.82, 2.24) is 30.2 Å². The molecule has 7 nitrogen and oxygen atoms in total. The molecule has 0 aromatic carbocycles. The Kier molecular flexibility index (Phi) is 8.37. The third kappa shape index (κ3) is 6.66. The van der Waals surface area contributed by atoms with Crippen molar-refractivity contribution in [2.24, 2.45) is 4.99 Å². The van der Waals surface area contributed by atoms with Crippen LogP contribution in [0.25, 0.3) is 5.82 Å². The molecule has 3 aromatic heterocycles. The Hall–Kier alpha value is -2.22. The molecule has 3 rings (SSSR count). The van der Waals surface area contributed by atoms with Crippen LogP contribution in [-0.4, -0.2) is 39.1 Å². The van der Waals surface area contributed by atoms with Crippen LogP contribution in [0.4, 0.5) is 13.2 Å². The summed E-state index contributed by atoms with van der Waals surface area (Å²) in [4.78, 5) is 16.1. The summed E-state index contributed by atoms with van der Waals surface area (Å²) in [7, 11) is 1.63. The van der Waals surface area contributed by atoms with E-state index in [2.05, 4.69) is 30.6 Å². The maximum absolute atomic E-state index is 12.6. The third-order valence-corrected chi connectivity index (χ3v) is 4.64. The fraction of sp³-hybridized carbons (Fsp3) is 0.294. The molecule has 12 heteroatoms. The number of aliphatic imine (C=N–C) groups is 1. The number of rotatable bonds is 6. The molecule has 29 heavy (non-hydrogen) atoms. The van der Waals surface area contributed by atoms with E-state index in [1.807, 2.05) is 18.3 Å². The Morgan fingerprint density at radius 2 is 2.10 bits per heavy atom. The van der Waals surface area contributed by atoms with Crippen molar-refractivity contribution < 1.29 is 13.2 Å². The highest BCUT2D eigenvalue weighted by Crippen LogP contribution is 2.29. The number of aromatic nitrogens is 4. The topological polar surface area (TPSA) is 80.0 Å². The minimum Gasteiger partial charge on any atom is -0.356 e. The van der Waals surface area contributed by atoms with E-state index in [1.54, 1.807) is 30.3 Å². The lowest BCUT2D eigenvalue weighted by Crippen LogP contribution is -2.37. The van der Waals surface area contributed by atoms with Crippen molar-refractivity contribution >= 4 is 41.3 Å². The summed E-state index contributed by atoms with van der Waals surface area (Å²) in [6.45, 7) is 0.925. The Morgan fingerprint density at radius 1 is 1.28 bits per heavy atom. The van der Waals surface area contributed by atoms with Gasteiger partial charge in [0.05, 0.1) is 5.01 Å². The number of imidazole rings is 1. The molecule has 0 fully saturated rings. The second kappa shape index (κ2) is 10.5. The molecule has 0 saturated heterocycles. The molecular formula is C17H19F3IN7S. The van der Waals surface area contributed by atoms with Crippen LogP contribution in [0.3, 0.4) is 0 Å². The molecule has 0 unspecified atom stereocenters. The summed E-state index contributed by atoms with van der Waals surface area (Å²) in [5.41, 5.74) is 0.114. The van der Waals surface area contributed by atoms with E-state index in [0.29, 0.717) is 30.5 Å². The van der Waals surface area contributed by atoms with E-state index in [0.717, 1.165) is 28.1 Å². The number of hydrogen-bond acceptors (Lipinski definition) is 5. The minimum atomic E-state index is -4.40. The van der Waals surface area contributed by atoms with Gasteiger partial charge in [-0.3, -0.25) is 9.56 Å². The van der Waals surface area contributed by atoms with Crippen molar-refractivity contribution in [2.75, 3.05) is 13.6 Å². The van der Waals surface area contributed by atoms with Crippen LogP contribution in [0.1, 0.15) is 16.3 Å². The number of alkyl halides is 3. The highest BCUT2D eigenvalue weighted by atomic mass is 127. The zero-order valence-corrected chi connectivity index (χ0v) is 18.5. The zero-order chi connectivity index (χ0) is 20.0. The SMILES string of the molecule is CN=C(NCCc1nc(C(F)(F)F)cs1)NCc1ccc(-n2ccnc2)nc1.I. The number of hydrogen-bond donors (Lipinski definition) is 2. The van der Waals surface area contributed by atoms with E-state index >= 15 is 0 Å². The lowest BCUT2D eigenvalue weighted by atomic mass is 10.3. The summed E-state index contributed by atoms with van der Waals surface area (Å²) in [5, 5.41) is 7.66. The van der Waals surface area contributed by atoms with Crippen molar-refractivity contribution in [3.8, 4) is 5.82 Å². The molecule has 3 aromatic rings. The maximum Gasteiger partial charge on any atom is 0.434 e. The average molecular weight is 537 g/mol. The van der Waals surface area contributed by atoms with Gasteiger partial charge in [0, 0.05) is 50.5 Å². The van der Waals surface area contributed by atoms with Gasteiger partial charge in [-0.2, -0.15) is 13.2 Å². The summed E-state index contributed by atoms with van der Waals surface area (Å²) < 4.78 is 39.5. The molecule has 156 valence electrons. The fourth-order valence-electron chi connectivity index (χ4n) is 2.32. The normalized spacial score (nSPS) is 11.8. The maximum atomic E-state index is 12.6. The Balaban J connectivity index is 0.00000300. The molecule has 0 aliphatic carbocycles. The molecule has 0 bridgehead atoms. The van der Waals surface area contributed by atoms with Crippen LogP contribution in [0.2, 0.25) is 0 Å². The molecule has 0 atom stereocenters. The van der Waals surface area contributed by atoms with Gasteiger partial charge in [-0.1, -0.05) is 6.07 Å². The molecule has 0 saturated carbocycles.